The molecule has 3 amide bonds. The van der Waals surface area contributed by atoms with Crippen molar-refractivity contribution in [3.05, 3.63) is 30.0 Å². The van der Waals surface area contributed by atoms with E-state index in [0.29, 0.717) is 29.6 Å². The summed E-state index contributed by atoms with van der Waals surface area (Å²) in [5.41, 5.74) is 0.778. The molecule has 1 aromatic heterocycles. The van der Waals surface area contributed by atoms with Crippen molar-refractivity contribution in [2.45, 2.75) is 50.1 Å². The number of aromatic nitrogens is 1. The van der Waals surface area contributed by atoms with Gasteiger partial charge < -0.3 is 25.7 Å². The highest BCUT2D eigenvalue weighted by Crippen LogP contribution is 2.51. The van der Waals surface area contributed by atoms with Crippen molar-refractivity contribution >= 4 is 28.6 Å². The van der Waals surface area contributed by atoms with E-state index in [-0.39, 0.29) is 30.9 Å². The highest BCUT2D eigenvalue weighted by Gasteiger charge is 2.57. The number of benzene rings is 1. The predicted octanol–water partition coefficient (Wildman–Crippen LogP) is 2.24. The van der Waals surface area contributed by atoms with E-state index in [1.54, 1.807) is 24.3 Å². The lowest BCUT2D eigenvalue weighted by Crippen LogP contribution is -2.51. The summed E-state index contributed by atoms with van der Waals surface area (Å²) in [5.74, 6) is -5.35. The fourth-order valence-electron chi connectivity index (χ4n) is 4.47. The highest BCUT2D eigenvalue weighted by atomic mass is 19.3. The molecular weight excluding hydrogens is 460 g/mol. The van der Waals surface area contributed by atoms with Gasteiger partial charge >= 0.3 is 0 Å². The number of rotatable bonds is 9. The number of halogens is 2. The second-order valence-electron chi connectivity index (χ2n) is 9.08. The number of piperidine rings is 1. The van der Waals surface area contributed by atoms with Gasteiger partial charge in [-0.25, -0.2) is 8.78 Å². The first kappa shape index (κ1) is 24.4. The molecule has 0 radical (unpaired) electrons. The van der Waals surface area contributed by atoms with Crippen LogP contribution in [0.25, 0.3) is 10.9 Å². The molecule has 35 heavy (non-hydrogen) atoms. The lowest BCUT2D eigenvalue weighted by Gasteiger charge is -2.25. The number of methoxy groups -OCH3 is 1. The van der Waals surface area contributed by atoms with E-state index in [0.717, 1.165) is 6.42 Å². The molecule has 1 aromatic carbocycles. The summed E-state index contributed by atoms with van der Waals surface area (Å²) in [6, 6.07) is 6.49. The van der Waals surface area contributed by atoms with Crippen LogP contribution in [0.3, 0.4) is 0 Å². The van der Waals surface area contributed by atoms with Crippen molar-refractivity contribution in [1.29, 1.82) is 5.26 Å². The second-order valence-corrected chi connectivity index (χ2v) is 9.08. The van der Waals surface area contributed by atoms with Gasteiger partial charge in [0, 0.05) is 35.7 Å². The maximum absolute atomic E-state index is 13.6. The normalized spacial score (nSPS) is 22.4. The number of hydrogen-bond acceptors (Lipinski definition) is 5. The van der Waals surface area contributed by atoms with Gasteiger partial charge in [0.1, 0.15) is 23.5 Å². The van der Waals surface area contributed by atoms with Gasteiger partial charge in [0.25, 0.3) is 11.8 Å². The number of hydrogen-bond donors (Lipinski definition) is 4. The van der Waals surface area contributed by atoms with Crippen LogP contribution in [0, 0.1) is 23.2 Å². The maximum Gasteiger partial charge on any atom is 0.268 e. The molecule has 3 unspecified atom stereocenters. The topological polar surface area (TPSA) is 136 Å². The monoisotopic (exact) mass is 487 g/mol. The predicted molar refractivity (Wildman–Crippen MR) is 122 cm³/mol. The smallest absolute Gasteiger partial charge is 0.268 e. The Morgan fingerprint density at radius 3 is 2.74 bits per heavy atom. The minimum atomic E-state index is -2.88. The Morgan fingerprint density at radius 2 is 2.09 bits per heavy atom. The molecule has 1 saturated carbocycles. The SMILES string of the molecule is COc1cccc2[nH]c(C(=O)NC(CC3CC3(F)F)C(=O)N[C@H](C#N)CC3CCCNC3=O)cc12. The number of carbonyl (C=O) groups is 3. The molecule has 4 rings (SSSR count). The van der Waals surface area contributed by atoms with Crippen molar-refractivity contribution in [3.8, 4) is 11.8 Å². The number of fused-ring (bicyclic) bond motifs is 1. The van der Waals surface area contributed by atoms with Crippen molar-refractivity contribution in [2.24, 2.45) is 11.8 Å². The van der Waals surface area contributed by atoms with Crippen LogP contribution in [0.2, 0.25) is 0 Å². The van der Waals surface area contributed by atoms with Gasteiger partial charge in [-0.2, -0.15) is 5.26 Å². The average Bonchev–Trinajstić information content (AvgIpc) is 3.22. The molecule has 1 aliphatic heterocycles. The molecule has 1 saturated heterocycles. The number of ether oxygens (including phenoxy) is 1. The van der Waals surface area contributed by atoms with Gasteiger partial charge in [-0.3, -0.25) is 14.4 Å². The van der Waals surface area contributed by atoms with Crippen LogP contribution in [0.1, 0.15) is 42.6 Å². The Balaban J connectivity index is 1.47. The second kappa shape index (κ2) is 9.90. The molecule has 9 nitrogen and oxygen atoms in total. The van der Waals surface area contributed by atoms with Crippen LogP contribution >= 0.6 is 0 Å². The molecule has 11 heteroatoms. The van der Waals surface area contributed by atoms with E-state index in [4.69, 9.17) is 4.74 Å². The molecular formula is C24H27F2N5O4. The zero-order chi connectivity index (χ0) is 25.2. The van der Waals surface area contributed by atoms with Crippen LogP contribution in [0.4, 0.5) is 8.78 Å². The molecule has 2 heterocycles. The van der Waals surface area contributed by atoms with Gasteiger partial charge in [-0.05, 0) is 43.9 Å². The highest BCUT2D eigenvalue weighted by molar-refractivity contribution is 6.01. The Kier molecular flexibility index (Phi) is 6.91. The first-order chi connectivity index (χ1) is 16.7. The number of nitrogens with one attached hydrogen (secondary N) is 4. The van der Waals surface area contributed by atoms with Crippen LogP contribution in [0.15, 0.2) is 24.3 Å². The summed E-state index contributed by atoms with van der Waals surface area (Å²) in [7, 11) is 1.50. The third-order valence-corrected chi connectivity index (χ3v) is 6.58. The first-order valence-corrected chi connectivity index (χ1v) is 11.5. The Hall–Kier alpha value is -3.68. The van der Waals surface area contributed by atoms with Crippen molar-refractivity contribution in [2.75, 3.05) is 13.7 Å². The Bertz CT molecular complexity index is 1170. The number of amides is 3. The Labute approximate surface area is 200 Å². The summed E-state index contributed by atoms with van der Waals surface area (Å²) >= 11 is 0. The maximum atomic E-state index is 13.6. The lowest BCUT2D eigenvalue weighted by molar-refractivity contribution is -0.128. The number of aromatic amines is 1. The van der Waals surface area contributed by atoms with Gasteiger partial charge in [-0.15, -0.1) is 0 Å². The minimum Gasteiger partial charge on any atom is -0.496 e. The Morgan fingerprint density at radius 1 is 1.31 bits per heavy atom. The number of nitriles is 1. The van der Waals surface area contributed by atoms with Gasteiger partial charge in [0.15, 0.2) is 0 Å². The molecule has 2 aromatic rings. The van der Waals surface area contributed by atoms with E-state index in [2.05, 4.69) is 20.9 Å². The van der Waals surface area contributed by atoms with E-state index >= 15 is 0 Å². The molecule has 2 fully saturated rings. The number of H-pyrrole nitrogens is 1. The van der Waals surface area contributed by atoms with Crippen molar-refractivity contribution in [3.63, 3.8) is 0 Å². The average molecular weight is 488 g/mol. The minimum absolute atomic E-state index is 0.107. The fourth-order valence-corrected chi connectivity index (χ4v) is 4.47. The first-order valence-electron chi connectivity index (χ1n) is 11.5. The number of carbonyl (C=O) groups excluding carboxylic acids is 3. The van der Waals surface area contributed by atoms with Crippen LogP contribution in [-0.2, 0) is 9.59 Å². The third kappa shape index (κ3) is 5.53. The largest absolute Gasteiger partial charge is 0.496 e. The fraction of sp³-hybridized carbons (Fsp3) is 0.500. The van der Waals surface area contributed by atoms with Crippen molar-refractivity contribution < 1.29 is 27.9 Å². The summed E-state index contributed by atoms with van der Waals surface area (Å²) in [6.07, 6.45) is 0.845. The molecule has 0 bridgehead atoms. The third-order valence-electron chi connectivity index (χ3n) is 6.58. The molecule has 2 aliphatic rings. The van der Waals surface area contributed by atoms with Gasteiger partial charge in [-0.1, -0.05) is 6.07 Å². The number of nitrogens with zero attached hydrogens (tertiary/aromatic N) is 1. The van der Waals surface area contributed by atoms with Crippen LogP contribution in [-0.4, -0.2) is 54.4 Å². The zero-order valence-electron chi connectivity index (χ0n) is 19.2. The van der Waals surface area contributed by atoms with Gasteiger partial charge in [0.05, 0.1) is 13.2 Å². The standard InChI is InChI=1S/C24H27F2N5O4/c1-35-20-6-2-5-17-16(20)10-19(30-17)23(34)31-18(9-14-11-24(14,25)26)22(33)29-15(12-27)8-13-4-3-7-28-21(13)32/h2,5-6,10,13-15,18,30H,3-4,7-9,11H2,1H3,(H,28,32)(H,29,33)(H,31,34)/t13?,14?,15-,18?/m0/s1. The summed E-state index contributed by atoms with van der Waals surface area (Å²) in [5, 5.41) is 18.0. The molecule has 0 spiro atoms. The lowest BCUT2D eigenvalue weighted by atomic mass is 9.92. The zero-order valence-corrected chi connectivity index (χ0v) is 19.2. The van der Waals surface area contributed by atoms with E-state index < -0.39 is 41.7 Å². The summed E-state index contributed by atoms with van der Waals surface area (Å²) < 4.78 is 32.5. The number of alkyl halides is 2. The summed E-state index contributed by atoms with van der Waals surface area (Å²) in [6.45, 7) is 0.572. The molecule has 4 N–H and O–H groups in total. The molecule has 4 atom stereocenters. The van der Waals surface area contributed by atoms with Crippen molar-refractivity contribution in [1.82, 2.24) is 20.9 Å². The molecule has 186 valence electrons. The molecule has 1 aliphatic carbocycles. The summed E-state index contributed by atoms with van der Waals surface area (Å²) in [4.78, 5) is 40.9. The van der Waals surface area contributed by atoms with Crippen LogP contribution in [0.5, 0.6) is 5.75 Å². The van der Waals surface area contributed by atoms with E-state index in [1.165, 1.54) is 7.11 Å². The quantitative estimate of drug-likeness (QED) is 0.430. The van der Waals surface area contributed by atoms with Crippen LogP contribution < -0.4 is 20.7 Å². The van der Waals surface area contributed by atoms with Gasteiger partial charge in [0.2, 0.25) is 11.8 Å². The van der Waals surface area contributed by atoms with E-state index in [1.807, 2.05) is 6.07 Å². The van der Waals surface area contributed by atoms with E-state index in [9.17, 15) is 28.4 Å².